The van der Waals surface area contributed by atoms with Gasteiger partial charge in [-0.2, -0.15) is 0 Å². The molecule has 0 aliphatic carbocycles. The van der Waals surface area contributed by atoms with Gasteiger partial charge in [0.1, 0.15) is 29.5 Å². The van der Waals surface area contributed by atoms with Gasteiger partial charge in [-0.1, -0.05) is 44.2 Å². The first kappa shape index (κ1) is 28.5. The Bertz CT molecular complexity index is 1210. The average Bonchev–Trinajstić information content (AvgIpc) is 3.34. The van der Waals surface area contributed by atoms with E-state index in [2.05, 4.69) is 51.1 Å². The zero-order chi connectivity index (χ0) is 27.4. The average molecular weight is 509 g/mol. The standard InChI is InChI=1S/C31H40O6/c1-7-31(8-2,23-10-13-26(21(4)18-23)36-19-24(32)11-16-29(33)34)22-9-12-25(20(3)17-22)27-14-15-28(37-27)30(5,6)35/h9-10,12-15,17-18,24,32,35H,7-8,11,16,19H2,1-6H3,(H,33,34)/t24-/m1/s1. The number of carboxylic acid groups (broad SMARTS) is 1. The molecule has 0 amide bonds. The van der Waals surface area contributed by atoms with E-state index in [1.165, 1.54) is 11.1 Å². The summed E-state index contributed by atoms with van der Waals surface area (Å²) in [5, 5.41) is 29.1. The van der Waals surface area contributed by atoms with Crippen molar-refractivity contribution in [1.29, 1.82) is 0 Å². The van der Waals surface area contributed by atoms with Crippen LogP contribution >= 0.6 is 0 Å². The summed E-state index contributed by atoms with van der Waals surface area (Å²) in [5.74, 6) is 1.03. The second-order valence-corrected chi connectivity index (χ2v) is 10.4. The van der Waals surface area contributed by atoms with Crippen molar-refractivity contribution in [3.05, 3.63) is 76.5 Å². The summed E-state index contributed by atoms with van der Waals surface area (Å²) < 4.78 is 11.8. The molecule has 0 unspecified atom stereocenters. The van der Waals surface area contributed by atoms with Gasteiger partial charge in [0, 0.05) is 17.4 Å². The largest absolute Gasteiger partial charge is 0.491 e. The van der Waals surface area contributed by atoms with Crippen LogP contribution in [0.2, 0.25) is 0 Å². The number of benzene rings is 2. The van der Waals surface area contributed by atoms with Crippen molar-refractivity contribution in [2.24, 2.45) is 0 Å². The van der Waals surface area contributed by atoms with Gasteiger partial charge >= 0.3 is 5.97 Å². The molecule has 200 valence electrons. The fraction of sp³-hybridized carbons (Fsp3) is 0.452. The molecule has 1 aromatic heterocycles. The van der Waals surface area contributed by atoms with E-state index in [4.69, 9.17) is 14.3 Å². The van der Waals surface area contributed by atoms with Crippen molar-refractivity contribution in [3.8, 4) is 17.1 Å². The summed E-state index contributed by atoms with van der Waals surface area (Å²) >= 11 is 0. The van der Waals surface area contributed by atoms with Gasteiger partial charge in [0.15, 0.2) is 0 Å². The van der Waals surface area contributed by atoms with Crippen molar-refractivity contribution >= 4 is 5.97 Å². The van der Waals surface area contributed by atoms with Crippen molar-refractivity contribution in [2.75, 3.05) is 6.61 Å². The molecule has 37 heavy (non-hydrogen) atoms. The van der Waals surface area contributed by atoms with Crippen molar-refractivity contribution in [2.45, 2.75) is 84.3 Å². The predicted molar refractivity (Wildman–Crippen MR) is 145 cm³/mol. The van der Waals surface area contributed by atoms with Gasteiger partial charge in [-0.05, 0) is 87.4 Å². The first-order chi connectivity index (χ1) is 17.4. The van der Waals surface area contributed by atoms with Gasteiger partial charge in [0.2, 0.25) is 0 Å². The van der Waals surface area contributed by atoms with Crippen molar-refractivity contribution < 1.29 is 29.3 Å². The second-order valence-electron chi connectivity index (χ2n) is 10.4. The van der Waals surface area contributed by atoms with Crippen LogP contribution in [0.3, 0.4) is 0 Å². The molecule has 0 aliphatic heterocycles. The van der Waals surface area contributed by atoms with Crippen LogP contribution in [-0.2, 0) is 15.8 Å². The molecule has 0 aliphatic rings. The molecule has 1 atom stereocenters. The molecule has 3 N–H and O–H groups in total. The molecule has 2 aromatic carbocycles. The van der Waals surface area contributed by atoms with Gasteiger partial charge < -0.3 is 24.5 Å². The monoisotopic (exact) mass is 508 g/mol. The van der Waals surface area contributed by atoms with Crippen molar-refractivity contribution in [3.63, 3.8) is 0 Å². The third-order valence-corrected chi connectivity index (χ3v) is 7.31. The highest BCUT2D eigenvalue weighted by Gasteiger charge is 2.32. The lowest BCUT2D eigenvalue weighted by Gasteiger charge is -2.34. The highest BCUT2D eigenvalue weighted by Crippen LogP contribution is 2.42. The van der Waals surface area contributed by atoms with E-state index in [0.29, 0.717) is 11.5 Å². The van der Waals surface area contributed by atoms with E-state index < -0.39 is 17.7 Å². The fourth-order valence-corrected chi connectivity index (χ4v) is 4.95. The van der Waals surface area contributed by atoms with Gasteiger partial charge in [-0.15, -0.1) is 0 Å². The lowest BCUT2D eigenvalue weighted by Crippen LogP contribution is -2.26. The second kappa shape index (κ2) is 11.5. The molecule has 6 nitrogen and oxygen atoms in total. The van der Waals surface area contributed by atoms with E-state index in [9.17, 15) is 15.0 Å². The number of rotatable bonds is 12. The minimum atomic E-state index is -1.03. The van der Waals surface area contributed by atoms with Gasteiger partial charge in [-0.25, -0.2) is 0 Å². The summed E-state index contributed by atoms with van der Waals surface area (Å²) in [7, 11) is 0. The van der Waals surface area contributed by atoms with Crippen LogP contribution in [0.25, 0.3) is 11.3 Å². The van der Waals surface area contributed by atoms with Crippen LogP contribution in [-0.4, -0.2) is 34.0 Å². The predicted octanol–water partition coefficient (Wildman–Crippen LogP) is 6.50. The smallest absolute Gasteiger partial charge is 0.303 e. The van der Waals surface area contributed by atoms with Crippen LogP contribution in [0.15, 0.2) is 52.9 Å². The maximum Gasteiger partial charge on any atom is 0.303 e. The van der Waals surface area contributed by atoms with Crippen LogP contribution in [0.4, 0.5) is 0 Å². The Hall–Kier alpha value is -3.09. The quantitative estimate of drug-likeness (QED) is 0.258. The van der Waals surface area contributed by atoms with Crippen LogP contribution in [0.5, 0.6) is 5.75 Å². The molecule has 0 fully saturated rings. The van der Waals surface area contributed by atoms with Crippen LogP contribution in [0.1, 0.15) is 81.4 Å². The Morgan fingerprint density at radius 1 is 0.973 bits per heavy atom. The number of aliphatic hydroxyl groups is 2. The summed E-state index contributed by atoms with van der Waals surface area (Å²) in [6.45, 7) is 12.0. The molecule has 6 heteroatoms. The van der Waals surface area contributed by atoms with Gasteiger partial charge in [-0.3, -0.25) is 4.79 Å². The first-order valence-electron chi connectivity index (χ1n) is 13.0. The molecule has 0 bridgehead atoms. The topological polar surface area (TPSA) is 100 Å². The first-order valence-corrected chi connectivity index (χ1v) is 13.0. The SMILES string of the molecule is CCC(CC)(c1ccc(OC[C@H](O)CCC(=O)O)c(C)c1)c1ccc(-c2ccc(C(C)(C)O)o2)c(C)c1. The maximum atomic E-state index is 10.7. The Kier molecular flexibility index (Phi) is 8.88. The number of ether oxygens (including phenoxy) is 1. The van der Waals surface area contributed by atoms with Crippen molar-refractivity contribution in [1.82, 2.24) is 0 Å². The van der Waals surface area contributed by atoms with Gasteiger partial charge in [0.05, 0.1) is 6.10 Å². The molecule has 0 saturated carbocycles. The van der Waals surface area contributed by atoms with E-state index in [1.54, 1.807) is 13.8 Å². The minimum Gasteiger partial charge on any atom is -0.491 e. The molecule has 1 heterocycles. The highest BCUT2D eigenvalue weighted by molar-refractivity contribution is 5.66. The zero-order valence-electron chi connectivity index (χ0n) is 22.8. The summed E-state index contributed by atoms with van der Waals surface area (Å²) in [5.41, 5.74) is 4.28. The number of hydrogen-bond acceptors (Lipinski definition) is 5. The van der Waals surface area contributed by atoms with Crippen LogP contribution < -0.4 is 4.74 Å². The fourth-order valence-electron chi connectivity index (χ4n) is 4.95. The summed E-state index contributed by atoms with van der Waals surface area (Å²) in [4.78, 5) is 10.7. The summed E-state index contributed by atoms with van der Waals surface area (Å²) in [6, 6.07) is 16.4. The Morgan fingerprint density at radius 3 is 2.11 bits per heavy atom. The molecular weight excluding hydrogens is 468 g/mol. The maximum absolute atomic E-state index is 10.7. The molecule has 3 rings (SSSR count). The number of hydrogen-bond donors (Lipinski definition) is 3. The molecule has 3 aromatic rings. The Balaban J connectivity index is 1.87. The lowest BCUT2D eigenvalue weighted by atomic mass is 9.70. The third-order valence-electron chi connectivity index (χ3n) is 7.31. The lowest BCUT2D eigenvalue weighted by molar-refractivity contribution is -0.137. The Morgan fingerprint density at radius 2 is 1.59 bits per heavy atom. The molecular formula is C31H40O6. The molecule has 0 radical (unpaired) electrons. The number of aliphatic hydroxyl groups excluding tert-OH is 1. The number of furan rings is 1. The molecule has 0 spiro atoms. The summed E-state index contributed by atoms with van der Waals surface area (Å²) in [6.07, 6.45) is 1.08. The van der Waals surface area contributed by atoms with E-state index in [0.717, 1.165) is 35.3 Å². The zero-order valence-corrected chi connectivity index (χ0v) is 22.8. The van der Waals surface area contributed by atoms with E-state index in [1.807, 2.05) is 25.1 Å². The number of carbonyl (C=O) groups is 1. The molecule has 0 saturated heterocycles. The highest BCUT2D eigenvalue weighted by atomic mass is 16.5. The number of aryl methyl sites for hydroxylation is 2. The van der Waals surface area contributed by atoms with Gasteiger partial charge in [0.25, 0.3) is 0 Å². The Labute approximate surface area is 219 Å². The van der Waals surface area contributed by atoms with Crippen LogP contribution in [0, 0.1) is 13.8 Å². The third kappa shape index (κ3) is 6.43. The number of carboxylic acids is 1. The minimum absolute atomic E-state index is 0.0583. The normalized spacial score (nSPS) is 13.0. The van der Waals surface area contributed by atoms with E-state index in [-0.39, 0.29) is 24.9 Å². The number of aliphatic carboxylic acids is 1. The van der Waals surface area contributed by atoms with E-state index >= 15 is 0 Å².